The van der Waals surface area contributed by atoms with Gasteiger partial charge in [-0.1, -0.05) is 41.9 Å². The minimum atomic E-state index is -3.27. The molecule has 0 saturated carbocycles. The van der Waals surface area contributed by atoms with Gasteiger partial charge in [-0.3, -0.25) is 4.79 Å². The number of carbonyl (C=O) groups excluding carboxylic acids is 1. The minimum absolute atomic E-state index is 0.0862. The summed E-state index contributed by atoms with van der Waals surface area (Å²) >= 11 is 0. The van der Waals surface area contributed by atoms with E-state index in [1.807, 2.05) is 38.1 Å². The number of sulfonamides is 1. The van der Waals surface area contributed by atoms with Gasteiger partial charge >= 0.3 is 0 Å². The maximum absolute atomic E-state index is 13.5. The topological polar surface area (TPSA) is 96.6 Å². The number of pyridine rings is 1. The molecule has 1 fully saturated rings. The molecule has 1 saturated heterocycles. The molecule has 0 atom stereocenters. The smallest absolute Gasteiger partial charge is 0.259 e. The fraction of sp³-hybridized carbons (Fsp3) is 0.435. The SMILES string of the molecule is CCN(C1CCN(C(=O)c2cc(-c3ccc(C)cc3)nc3onc(C)c23)CC1)S(C)(=O)=O. The second kappa shape index (κ2) is 8.63. The Bertz CT molecular complexity index is 1240. The Hall–Kier alpha value is -2.78. The predicted octanol–water partition coefficient (Wildman–Crippen LogP) is 3.39. The first kappa shape index (κ1) is 22.4. The van der Waals surface area contributed by atoms with Crippen molar-refractivity contribution in [3.05, 3.63) is 47.2 Å². The molecule has 0 N–H and O–H groups in total. The predicted molar refractivity (Wildman–Crippen MR) is 123 cm³/mol. The Balaban J connectivity index is 1.64. The lowest BCUT2D eigenvalue weighted by atomic mass is 10.0. The van der Waals surface area contributed by atoms with Crippen molar-refractivity contribution < 1.29 is 17.7 Å². The monoisotopic (exact) mass is 456 g/mol. The van der Waals surface area contributed by atoms with E-state index in [9.17, 15) is 13.2 Å². The summed E-state index contributed by atoms with van der Waals surface area (Å²) in [5.74, 6) is -0.113. The average Bonchev–Trinajstić information content (AvgIpc) is 3.14. The number of aromatic nitrogens is 2. The number of piperidine rings is 1. The number of nitrogens with zero attached hydrogens (tertiary/aromatic N) is 4. The number of fused-ring (bicyclic) bond motifs is 1. The molecule has 1 aliphatic rings. The summed E-state index contributed by atoms with van der Waals surface area (Å²) in [7, 11) is -3.27. The molecular weight excluding hydrogens is 428 g/mol. The maximum Gasteiger partial charge on any atom is 0.259 e. The Morgan fingerprint density at radius 3 is 2.44 bits per heavy atom. The molecule has 0 unspecified atom stereocenters. The van der Waals surface area contributed by atoms with Gasteiger partial charge in [0.25, 0.3) is 11.6 Å². The van der Waals surface area contributed by atoms with Gasteiger partial charge in [-0.15, -0.1) is 0 Å². The molecule has 32 heavy (non-hydrogen) atoms. The van der Waals surface area contributed by atoms with Crippen molar-refractivity contribution in [1.29, 1.82) is 0 Å². The van der Waals surface area contributed by atoms with Gasteiger partial charge in [0.05, 0.1) is 28.6 Å². The summed E-state index contributed by atoms with van der Waals surface area (Å²) in [4.78, 5) is 19.9. The van der Waals surface area contributed by atoms with Gasteiger partial charge in [0.2, 0.25) is 10.0 Å². The van der Waals surface area contributed by atoms with Crippen molar-refractivity contribution in [2.45, 2.75) is 39.7 Å². The lowest BCUT2D eigenvalue weighted by Gasteiger charge is -2.37. The fourth-order valence-electron chi connectivity index (χ4n) is 4.43. The highest BCUT2D eigenvalue weighted by Gasteiger charge is 2.32. The zero-order valence-electron chi connectivity index (χ0n) is 18.8. The van der Waals surface area contributed by atoms with Crippen molar-refractivity contribution in [2.75, 3.05) is 25.9 Å². The van der Waals surface area contributed by atoms with Crippen LogP contribution in [0, 0.1) is 13.8 Å². The van der Waals surface area contributed by atoms with Gasteiger partial charge in [-0.2, -0.15) is 4.31 Å². The second-order valence-corrected chi connectivity index (χ2v) is 10.3. The number of benzene rings is 1. The normalized spacial score (nSPS) is 15.6. The standard InChI is InChI=1S/C23H28N4O4S/c1-5-27(32(4,29)30)18-10-12-26(13-11-18)23(28)19-14-20(17-8-6-15(2)7-9-17)24-22-21(19)16(3)25-31-22/h6-9,14,18H,5,10-13H2,1-4H3. The zero-order chi connectivity index (χ0) is 23.0. The summed E-state index contributed by atoms with van der Waals surface area (Å²) in [6, 6.07) is 9.66. The van der Waals surface area contributed by atoms with Crippen LogP contribution in [0.25, 0.3) is 22.4 Å². The van der Waals surface area contributed by atoms with Crippen LogP contribution in [-0.4, -0.2) is 65.6 Å². The molecule has 1 aliphatic heterocycles. The van der Waals surface area contributed by atoms with Gasteiger partial charge in [0, 0.05) is 31.2 Å². The van der Waals surface area contributed by atoms with Crippen molar-refractivity contribution in [1.82, 2.24) is 19.3 Å². The van der Waals surface area contributed by atoms with E-state index in [1.54, 1.807) is 17.9 Å². The van der Waals surface area contributed by atoms with E-state index in [-0.39, 0.29) is 11.9 Å². The number of carbonyl (C=O) groups is 1. The molecule has 4 rings (SSSR count). The summed E-state index contributed by atoms with van der Waals surface area (Å²) in [6.07, 6.45) is 2.45. The van der Waals surface area contributed by atoms with Gasteiger partial charge in [-0.25, -0.2) is 13.4 Å². The van der Waals surface area contributed by atoms with E-state index in [2.05, 4.69) is 10.1 Å². The van der Waals surface area contributed by atoms with Crippen LogP contribution in [0.1, 0.15) is 41.4 Å². The highest BCUT2D eigenvalue weighted by Crippen LogP contribution is 2.29. The van der Waals surface area contributed by atoms with E-state index in [4.69, 9.17) is 4.52 Å². The molecule has 170 valence electrons. The van der Waals surface area contributed by atoms with E-state index in [0.717, 1.165) is 11.1 Å². The molecule has 3 aromatic rings. The summed E-state index contributed by atoms with van der Waals surface area (Å²) in [5, 5.41) is 4.65. The zero-order valence-corrected chi connectivity index (χ0v) is 19.6. The lowest BCUT2D eigenvalue weighted by Crippen LogP contribution is -2.48. The van der Waals surface area contributed by atoms with Crippen LogP contribution in [0.2, 0.25) is 0 Å². The van der Waals surface area contributed by atoms with Crippen LogP contribution in [0.4, 0.5) is 0 Å². The van der Waals surface area contributed by atoms with E-state index >= 15 is 0 Å². The lowest BCUT2D eigenvalue weighted by molar-refractivity contribution is 0.0682. The van der Waals surface area contributed by atoms with Crippen LogP contribution in [-0.2, 0) is 10.0 Å². The number of hydrogen-bond donors (Lipinski definition) is 0. The molecule has 2 aromatic heterocycles. The first-order valence-corrected chi connectivity index (χ1v) is 12.6. The largest absolute Gasteiger partial charge is 0.339 e. The highest BCUT2D eigenvalue weighted by atomic mass is 32.2. The van der Waals surface area contributed by atoms with Gasteiger partial charge in [0.1, 0.15) is 0 Å². The van der Waals surface area contributed by atoms with E-state index in [0.29, 0.717) is 60.5 Å². The number of hydrogen-bond acceptors (Lipinski definition) is 6. The van der Waals surface area contributed by atoms with Crippen LogP contribution in [0.15, 0.2) is 34.9 Å². The van der Waals surface area contributed by atoms with Crippen molar-refractivity contribution >= 4 is 27.0 Å². The Kier molecular flexibility index (Phi) is 6.05. The second-order valence-electron chi connectivity index (χ2n) is 8.36. The minimum Gasteiger partial charge on any atom is -0.339 e. The number of amides is 1. The van der Waals surface area contributed by atoms with Crippen LogP contribution >= 0.6 is 0 Å². The fourth-order valence-corrected chi connectivity index (χ4v) is 5.65. The molecule has 8 nitrogen and oxygen atoms in total. The van der Waals surface area contributed by atoms with Crippen LogP contribution in [0.5, 0.6) is 0 Å². The number of aryl methyl sites for hydroxylation is 2. The van der Waals surface area contributed by atoms with Gasteiger partial charge in [-0.05, 0) is 32.8 Å². The third kappa shape index (κ3) is 4.27. The van der Waals surface area contributed by atoms with Crippen molar-refractivity contribution in [3.63, 3.8) is 0 Å². The number of rotatable bonds is 5. The third-order valence-electron chi connectivity index (χ3n) is 6.09. The van der Waals surface area contributed by atoms with Gasteiger partial charge < -0.3 is 9.42 Å². The first-order chi connectivity index (χ1) is 15.2. The Labute approximate surface area is 188 Å². The molecule has 3 heterocycles. The third-order valence-corrected chi connectivity index (χ3v) is 7.50. The molecule has 0 spiro atoms. The van der Waals surface area contributed by atoms with Crippen molar-refractivity contribution in [3.8, 4) is 11.3 Å². The molecule has 1 aromatic carbocycles. The molecule has 1 amide bonds. The average molecular weight is 457 g/mol. The quantitative estimate of drug-likeness (QED) is 0.584. The highest BCUT2D eigenvalue weighted by molar-refractivity contribution is 7.88. The summed E-state index contributed by atoms with van der Waals surface area (Å²) < 4.78 is 31.1. The van der Waals surface area contributed by atoms with E-state index in [1.165, 1.54) is 10.6 Å². The van der Waals surface area contributed by atoms with Crippen molar-refractivity contribution in [2.24, 2.45) is 0 Å². The summed E-state index contributed by atoms with van der Waals surface area (Å²) in [6.45, 7) is 7.07. The first-order valence-electron chi connectivity index (χ1n) is 10.8. The van der Waals surface area contributed by atoms with Crippen LogP contribution < -0.4 is 0 Å². The van der Waals surface area contributed by atoms with Gasteiger partial charge in [0.15, 0.2) is 0 Å². The van der Waals surface area contributed by atoms with E-state index < -0.39 is 10.0 Å². The van der Waals surface area contributed by atoms with Crippen LogP contribution in [0.3, 0.4) is 0 Å². The molecule has 0 bridgehead atoms. The Morgan fingerprint density at radius 1 is 1.19 bits per heavy atom. The molecular formula is C23H28N4O4S. The maximum atomic E-state index is 13.5. The Morgan fingerprint density at radius 2 is 1.84 bits per heavy atom. The summed E-state index contributed by atoms with van der Waals surface area (Å²) in [5.41, 5.74) is 4.16. The molecule has 9 heteroatoms. The molecule has 0 radical (unpaired) electrons. The number of likely N-dealkylation sites (tertiary alicyclic amines) is 1. The molecule has 0 aliphatic carbocycles.